The van der Waals surface area contributed by atoms with Crippen molar-refractivity contribution in [1.29, 1.82) is 0 Å². The van der Waals surface area contributed by atoms with Crippen molar-refractivity contribution in [3.63, 3.8) is 0 Å². The molecular weight excluding hydrogens is 254 g/mol. The Balaban J connectivity index is 1.95. The minimum atomic E-state index is -3.95. The van der Waals surface area contributed by atoms with Gasteiger partial charge < -0.3 is 5.32 Å². The zero-order valence-electron chi connectivity index (χ0n) is 9.01. The molecule has 1 aliphatic rings. The number of alkyl halides is 4. The first kappa shape index (κ1) is 12.8. The maximum absolute atomic E-state index is 12.8. The van der Waals surface area contributed by atoms with Crippen molar-refractivity contribution >= 4 is 11.3 Å². The lowest BCUT2D eigenvalue weighted by molar-refractivity contribution is -0.126. The molecule has 1 fully saturated rings. The molecule has 1 aliphatic carbocycles. The lowest BCUT2D eigenvalue weighted by atomic mass is 10.1. The van der Waals surface area contributed by atoms with Crippen LogP contribution in [0.3, 0.4) is 0 Å². The van der Waals surface area contributed by atoms with Gasteiger partial charge in [0.15, 0.2) is 0 Å². The second-order valence-electron chi connectivity index (χ2n) is 4.27. The van der Waals surface area contributed by atoms with Crippen LogP contribution in [0.4, 0.5) is 17.6 Å². The van der Waals surface area contributed by atoms with E-state index < -0.39 is 18.9 Å². The van der Waals surface area contributed by atoms with E-state index in [0.717, 1.165) is 17.7 Å². The van der Waals surface area contributed by atoms with E-state index in [4.69, 9.17) is 0 Å². The molecule has 1 aromatic heterocycles. The van der Waals surface area contributed by atoms with Crippen molar-refractivity contribution in [3.05, 3.63) is 22.4 Å². The highest BCUT2D eigenvalue weighted by Crippen LogP contribution is 2.42. The van der Waals surface area contributed by atoms with Crippen LogP contribution in [0.15, 0.2) is 17.5 Å². The molecule has 1 nitrogen and oxygen atoms in total. The van der Waals surface area contributed by atoms with Gasteiger partial charge in [0.1, 0.15) is 0 Å². The summed E-state index contributed by atoms with van der Waals surface area (Å²) in [6.45, 7) is -0.969. The third-order valence-corrected chi connectivity index (χ3v) is 3.78. The fourth-order valence-corrected chi connectivity index (χ4v) is 2.61. The maximum atomic E-state index is 12.8. The lowest BCUT2D eigenvalue weighted by Crippen LogP contribution is -2.40. The fourth-order valence-electron chi connectivity index (χ4n) is 1.72. The molecule has 1 atom stereocenters. The third kappa shape index (κ3) is 3.19. The van der Waals surface area contributed by atoms with Crippen LogP contribution in [0.2, 0.25) is 0 Å². The van der Waals surface area contributed by atoms with Gasteiger partial charge in [-0.1, -0.05) is 6.07 Å². The monoisotopic (exact) mass is 267 g/mol. The molecule has 17 heavy (non-hydrogen) atoms. The van der Waals surface area contributed by atoms with Crippen LogP contribution in [-0.2, 0) is 0 Å². The van der Waals surface area contributed by atoms with Crippen molar-refractivity contribution in [2.45, 2.75) is 31.2 Å². The number of thiophene rings is 1. The molecule has 0 spiro atoms. The Hall–Kier alpha value is -0.620. The van der Waals surface area contributed by atoms with Crippen LogP contribution in [0, 0.1) is 5.92 Å². The van der Waals surface area contributed by atoms with E-state index in [9.17, 15) is 17.6 Å². The molecule has 0 saturated heterocycles. The summed E-state index contributed by atoms with van der Waals surface area (Å²) in [6.07, 6.45) is -1.68. The Labute approximate surface area is 101 Å². The van der Waals surface area contributed by atoms with Gasteiger partial charge in [0.25, 0.3) is 0 Å². The maximum Gasteiger partial charge on any atom is 0.319 e. The zero-order chi connectivity index (χ0) is 12.5. The van der Waals surface area contributed by atoms with Crippen molar-refractivity contribution in [1.82, 2.24) is 5.32 Å². The fraction of sp³-hybridized carbons (Fsp3) is 0.636. The van der Waals surface area contributed by atoms with Crippen LogP contribution in [-0.4, -0.2) is 18.9 Å². The van der Waals surface area contributed by atoms with E-state index >= 15 is 0 Å². The minimum Gasteiger partial charge on any atom is -0.303 e. The minimum absolute atomic E-state index is 0.209. The standard InChI is InChI=1S/C11H13F4NS/c12-10(13)11(14,15)6-16-9(7-3-4-7)8-2-1-5-17-8/h1-2,5,7,9-10,16H,3-4,6H2. The quantitative estimate of drug-likeness (QED) is 0.775. The summed E-state index contributed by atoms with van der Waals surface area (Å²) in [4.78, 5) is 0.942. The number of nitrogens with one attached hydrogen (secondary N) is 1. The van der Waals surface area contributed by atoms with Crippen LogP contribution in [0.25, 0.3) is 0 Å². The predicted molar refractivity (Wildman–Crippen MR) is 58.7 cm³/mol. The molecule has 6 heteroatoms. The van der Waals surface area contributed by atoms with Crippen molar-refractivity contribution in [2.24, 2.45) is 5.92 Å². The molecule has 0 amide bonds. The van der Waals surface area contributed by atoms with Gasteiger partial charge in [-0.05, 0) is 30.2 Å². The van der Waals surface area contributed by atoms with Gasteiger partial charge in [-0.25, -0.2) is 8.78 Å². The molecule has 0 aromatic carbocycles. The summed E-state index contributed by atoms with van der Waals surface area (Å²) in [5.74, 6) is -3.65. The van der Waals surface area contributed by atoms with Gasteiger partial charge in [0.2, 0.25) is 0 Å². The molecule has 1 saturated carbocycles. The summed E-state index contributed by atoms with van der Waals surface area (Å²) < 4.78 is 49.7. The molecule has 1 heterocycles. The number of hydrogen-bond acceptors (Lipinski definition) is 2. The molecule has 1 aromatic rings. The SMILES string of the molecule is FC(F)C(F)(F)CNC(c1cccs1)C1CC1. The number of hydrogen-bond donors (Lipinski definition) is 1. The highest BCUT2D eigenvalue weighted by atomic mass is 32.1. The average Bonchev–Trinajstić information content (AvgIpc) is 2.94. The lowest BCUT2D eigenvalue weighted by Gasteiger charge is -2.21. The van der Waals surface area contributed by atoms with Gasteiger partial charge in [0, 0.05) is 10.9 Å². The second kappa shape index (κ2) is 4.94. The molecule has 0 bridgehead atoms. The molecule has 1 N–H and O–H groups in total. The predicted octanol–water partition coefficient (Wildman–Crippen LogP) is 3.69. The molecule has 96 valence electrons. The zero-order valence-corrected chi connectivity index (χ0v) is 9.82. The first-order valence-corrected chi connectivity index (χ1v) is 6.31. The van der Waals surface area contributed by atoms with Gasteiger partial charge in [-0.15, -0.1) is 11.3 Å². The Bertz CT molecular complexity index is 348. The van der Waals surface area contributed by atoms with E-state index in [1.54, 1.807) is 0 Å². The van der Waals surface area contributed by atoms with Crippen molar-refractivity contribution in [3.8, 4) is 0 Å². The summed E-state index contributed by atoms with van der Waals surface area (Å²) in [5.41, 5.74) is 0. The molecular formula is C11H13F4NS. The van der Waals surface area contributed by atoms with Crippen molar-refractivity contribution in [2.75, 3.05) is 6.54 Å². The highest BCUT2D eigenvalue weighted by Gasteiger charge is 2.42. The Morgan fingerprint density at radius 1 is 1.41 bits per heavy atom. The third-order valence-electron chi connectivity index (χ3n) is 2.82. The van der Waals surface area contributed by atoms with Gasteiger partial charge in [0.05, 0.1) is 6.54 Å². The van der Waals surface area contributed by atoms with E-state index in [2.05, 4.69) is 5.32 Å². The second-order valence-corrected chi connectivity index (χ2v) is 5.25. The summed E-state index contributed by atoms with van der Waals surface area (Å²) >= 11 is 1.46. The van der Waals surface area contributed by atoms with E-state index in [-0.39, 0.29) is 6.04 Å². The van der Waals surface area contributed by atoms with Crippen LogP contribution in [0.5, 0.6) is 0 Å². The number of halogens is 4. The summed E-state index contributed by atoms with van der Waals surface area (Å²) in [6, 6.07) is 3.48. The topological polar surface area (TPSA) is 12.0 Å². The smallest absolute Gasteiger partial charge is 0.303 e. The summed E-state index contributed by atoms with van der Waals surface area (Å²) in [7, 11) is 0. The van der Waals surface area contributed by atoms with Crippen LogP contribution >= 0.6 is 11.3 Å². The van der Waals surface area contributed by atoms with Gasteiger partial charge in [-0.3, -0.25) is 0 Å². The first-order valence-electron chi connectivity index (χ1n) is 5.43. The van der Waals surface area contributed by atoms with Crippen molar-refractivity contribution < 1.29 is 17.6 Å². The Morgan fingerprint density at radius 3 is 2.59 bits per heavy atom. The highest BCUT2D eigenvalue weighted by molar-refractivity contribution is 7.10. The van der Waals surface area contributed by atoms with Crippen LogP contribution < -0.4 is 5.32 Å². The van der Waals surface area contributed by atoms with E-state index in [1.165, 1.54) is 11.3 Å². The Kier molecular flexibility index (Phi) is 3.73. The van der Waals surface area contributed by atoms with E-state index in [0.29, 0.717) is 5.92 Å². The van der Waals surface area contributed by atoms with Gasteiger partial charge in [-0.2, -0.15) is 8.78 Å². The Morgan fingerprint density at radius 2 is 2.12 bits per heavy atom. The van der Waals surface area contributed by atoms with Crippen LogP contribution in [0.1, 0.15) is 23.8 Å². The first-order chi connectivity index (χ1) is 8.00. The molecule has 0 radical (unpaired) electrons. The number of rotatable bonds is 6. The molecule has 0 aliphatic heterocycles. The normalized spacial score (nSPS) is 18.6. The van der Waals surface area contributed by atoms with Gasteiger partial charge >= 0.3 is 12.3 Å². The molecule has 2 rings (SSSR count). The average molecular weight is 267 g/mol. The largest absolute Gasteiger partial charge is 0.319 e. The van der Waals surface area contributed by atoms with E-state index in [1.807, 2.05) is 17.5 Å². The molecule has 1 unspecified atom stereocenters. The summed E-state index contributed by atoms with van der Waals surface area (Å²) in [5, 5.41) is 4.44.